The standard InChI is InChI=1S/C25H28N2O3/c26-13-10-20(19-6-2-1-3-7-19)16-24(28)27-18-25(11-4-5-12-25)21-8-9-22-23(17-21)30-15-14-29-22/h1-3,6-9,17,20H,4-5,10-12,14-16,18H2,(H,27,28)/t20-/m1/s1. The van der Waals surface area contributed by atoms with Gasteiger partial charge in [-0.3, -0.25) is 4.79 Å². The first-order chi connectivity index (χ1) is 14.7. The van der Waals surface area contributed by atoms with Crippen LogP contribution in [0.25, 0.3) is 0 Å². The fourth-order valence-corrected chi connectivity index (χ4v) is 4.70. The highest BCUT2D eigenvalue weighted by atomic mass is 16.6. The zero-order chi connectivity index (χ0) is 20.8. The largest absolute Gasteiger partial charge is 0.486 e. The third kappa shape index (κ3) is 4.43. The summed E-state index contributed by atoms with van der Waals surface area (Å²) in [7, 11) is 0. The summed E-state index contributed by atoms with van der Waals surface area (Å²) in [5.74, 6) is 1.52. The first-order valence-corrected chi connectivity index (χ1v) is 10.8. The van der Waals surface area contributed by atoms with Crippen molar-refractivity contribution in [2.24, 2.45) is 0 Å². The highest BCUT2D eigenvalue weighted by Crippen LogP contribution is 2.44. The molecule has 5 heteroatoms. The Labute approximate surface area is 178 Å². The van der Waals surface area contributed by atoms with Gasteiger partial charge in [0.25, 0.3) is 0 Å². The molecule has 0 unspecified atom stereocenters. The molecule has 0 radical (unpaired) electrons. The van der Waals surface area contributed by atoms with Crippen LogP contribution in [0.1, 0.15) is 55.6 Å². The van der Waals surface area contributed by atoms with E-state index in [0.29, 0.717) is 32.6 Å². The average molecular weight is 405 g/mol. The van der Waals surface area contributed by atoms with E-state index < -0.39 is 0 Å². The lowest BCUT2D eigenvalue weighted by Gasteiger charge is -2.31. The number of fused-ring (bicyclic) bond motifs is 1. The summed E-state index contributed by atoms with van der Waals surface area (Å²) in [5.41, 5.74) is 2.18. The molecule has 0 bridgehead atoms. The van der Waals surface area contributed by atoms with E-state index in [9.17, 15) is 10.1 Å². The Balaban J connectivity index is 1.45. The maximum atomic E-state index is 12.8. The number of ether oxygens (including phenoxy) is 2. The van der Waals surface area contributed by atoms with Gasteiger partial charge < -0.3 is 14.8 Å². The van der Waals surface area contributed by atoms with Crippen molar-refractivity contribution >= 4 is 5.91 Å². The van der Waals surface area contributed by atoms with Crippen LogP contribution in [0, 0.1) is 11.3 Å². The second-order valence-electron chi connectivity index (χ2n) is 8.30. The van der Waals surface area contributed by atoms with Crippen LogP contribution < -0.4 is 14.8 Å². The van der Waals surface area contributed by atoms with Crippen LogP contribution in [0.15, 0.2) is 48.5 Å². The summed E-state index contributed by atoms with van der Waals surface area (Å²) < 4.78 is 11.4. The number of nitriles is 1. The van der Waals surface area contributed by atoms with Gasteiger partial charge in [-0.1, -0.05) is 49.2 Å². The van der Waals surface area contributed by atoms with Crippen molar-refractivity contribution in [2.75, 3.05) is 19.8 Å². The molecule has 5 nitrogen and oxygen atoms in total. The van der Waals surface area contributed by atoms with Gasteiger partial charge in [0.1, 0.15) is 13.2 Å². The number of amides is 1. The summed E-state index contributed by atoms with van der Waals surface area (Å²) in [4.78, 5) is 12.8. The van der Waals surface area contributed by atoms with Crippen molar-refractivity contribution in [1.29, 1.82) is 5.26 Å². The summed E-state index contributed by atoms with van der Waals surface area (Å²) in [6, 6.07) is 18.3. The van der Waals surface area contributed by atoms with Crippen LogP contribution in [-0.2, 0) is 10.2 Å². The minimum atomic E-state index is -0.0787. The maximum Gasteiger partial charge on any atom is 0.220 e. The van der Waals surface area contributed by atoms with E-state index in [0.717, 1.165) is 42.7 Å². The van der Waals surface area contributed by atoms with Gasteiger partial charge in [-0.05, 0) is 36.1 Å². The van der Waals surface area contributed by atoms with Gasteiger partial charge in [0.05, 0.1) is 6.07 Å². The fraction of sp³-hybridized carbons (Fsp3) is 0.440. The summed E-state index contributed by atoms with van der Waals surface area (Å²) in [6.07, 6.45) is 5.08. The van der Waals surface area contributed by atoms with E-state index >= 15 is 0 Å². The molecule has 1 saturated carbocycles. The topological polar surface area (TPSA) is 71.4 Å². The predicted octanol–water partition coefficient (Wildman–Crippen LogP) is 4.47. The van der Waals surface area contributed by atoms with Gasteiger partial charge in [0, 0.05) is 30.7 Å². The number of rotatable bonds is 7. The minimum Gasteiger partial charge on any atom is -0.486 e. The van der Waals surface area contributed by atoms with Gasteiger partial charge in [-0.25, -0.2) is 0 Å². The Morgan fingerprint density at radius 1 is 1.07 bits per heavy atom. The third-order valence-electron chi connectivity index (χ3n) is 6.38. The van der Waals surface area contributed by atoms with Crippen molar-refractivity contribution in [3.63, 3.8) is 0 Å². The Bertz CT molecular complexity index is 914. The quantitative estimate of drug-likeness (QED) is 0.739. The Kier molecular flexibility index (Phi) is 6.23. The molecule has 1 heterocycles. The summed E-state index contributed by atoms with van der Waals surface area (Å²) >= 11 is 0. The van der Waals surface area contributed by atoms with E-state index in [4.69, 9.17) is 9.47 Å². The summed E-state index contributed by atoms with van der Waals surface area (Å²) in [5, 5.41) is 12.4. The lowest BCUT2D eigenvalue weighted by molar-refractivity contribution is -0.121. The number of benzene rings is 2. The Morgan fingerprint density at radius 3 is 2.53 bits per heavy atom. The lowest BCUT2D eigenvalue weighted by Crippen LogP contribution is -2.39. The number of nitrogens with zero attached hydrogens (tertiary/aromatic N) is 1. The van der Waals surface area contributed by atoms with Crippen molar-refractivity contribution in [2.45, 2.75) is 49.9 Å². The van der Waals surface area contributed by atoms with Crippen LogP contribution in [0.2, 0.25) is 0 Å². The fourth-order valence-electron chi connectivity index (χ4n) is 4.70. The van der Waals surface area contributed by atoms with Gasteiger partial charge in [0.15, 0.2) is 11.5 Å². The Hall–Kier alpha value is -3.00. The SMILES string of the molecule is N#CC[C@H](CC(=O)NCC1(c2ccc3c(c2)OCCO3)CCCC1)c1ccccc1. The van der Waals surface area contributed by atoms with Crippen LogP contribution in [0.5, 0.6) is 11.5 Å². The van der Waals surface area contributed by atoms with E-state index in [2.05, 4.69) is 23.5 Å². The molecule has 1 atom stereocenters. The van der Waals surface area contributed by atoms with Crippen LogP contribution in [-0.4, -0.2) is 25.7 Å². The number of carbonyl (C=O) groups is 1. The molecule has 1 fully saturated rings. The highest BCUT2D eigenvalue weighted by Gasteiger charge is 2.37. The molecular formula is C25H28N2O3. The first-order valence-electron chi connectivity index (χ1n) is 10.8. The second kappa shape index (κ2) is 9.21. The predicted molar refractivity (Wildman–Crippen MR) is 115 cm³/mol. The molecule has 0 spiro atoms. The normalized spacial score (nSPS) is 17.7. The molecule has 156 valence electrons. The van der Waals surface area contributed by atoms with Crippen molar-refractivity contribution < 1.29 is 14.3 Å². The number of hydrogen-bond donors (Lipinski definition) is 1. The molecule has 1 aliphatic carbocycles. The monoisotopic (exact) mass is 404 g/mol. The van der Waals surface area contributed by atoms with Crippen LogP contribution in [0.4, 0.5) is 0 Å². The zero-order valence-electron chi connectivity index (χ0n) is 17.2. The van der Waals surface area contributed by atoms with Crippen molar-refractivity contribution in [1.82, 2.24) is 5.32 Å². The number of carbonyl (C=O) groups excluding carboxylic acids is 1. The molecular weight excluding hydrogens is 376 g/mol. The second-order valence-corrected chi connectivity index (χ2v) is 8.30. The third-order valence-corrected chi connectivity index (χ3v) is 6.38. The molecule has 2 aromatic carbocycles. The van der Waals surface area contributed by atoms with E-state index in [1.807, 2.05) is 36.4 Å². The smallest absolute Gasteiger partial charge is 0.220 e. The van der Waals surface area contributed by atoms with E-state index in [1.54, 1.807) is 0 Å². The molecule has 0 aromatic heterocycles. The summed E-state index contributed by atoms with van der Waals surface area (Å²) in [6.45, 7) is 1.76. The van der Waals surface area contributed by atoms with Gasteiger partial charge >= 0.3 is 0 Å². The molecule has 30 heavy (non-hydrogen) atoms. The van der Waals surface area contributed by atoms with E-state index in [-0.39, 0.29) is 17.2 Å². The zero-order valence-corrected chi connectivity index (χ0v) is 17.2. The van der Waals surface area contributed by atoms with Crippen molar-refractivity contribution in [3.8, 4) is 17.6 Å². The number of hydrogen-bond acceptors (Lipinski definition) is 4. The molecule has 2 aliphatic rings. The van der Waals surface area contributed by atoms with Crippen molar-refractivity contribution in [3.05, 3.63) is 59.7 Å². The average Bonchev–Trinajstić information content (AvgIpc) is 3.28. The molecule has 2 aromatic rings. The van der Waals surface area contributed by atoms with E-state index in [1.165, 1.54) is 5.56 Å². The molecule has 0 saturated heterocycles. The van der Waals surface area contributed by atoms with Crippen LogP contribution >= 0.6 is 0 Å². The molecule has 1 aliphatic heterocycles. The van der Waals surface area contributed by atoms with Gasteiger partial charge in [-0.15, -0.1) is 0 Å². The highest BCUT2D eigenvalue weighted by molar-refractivity contribution is 5.77. The van der Waals surface area contributed by atoms with Gasteiger partial charge in [0.2, 0.25) is 5.91 Å². The lowest BCUT2D eigenvalue weighted by atomic mass is 9.78. The molecule has 4 rings (SSSR count). The van der Waals surface area contributed by atoms with Crippen LogP contribution in [0.3, 0.4) is 0 Å². The first kappa shape index (κ1) is 20.3. The van der Waals surface area contributed by atoms with Gasteiger partial charge in [-0.2, -0.15) is 5.26 Å². The Morgan fingerprint density at radius 2 is 1.80 bits per heavy atom. The maximum absolute atomic E-state index is 12.8. The molecule has 1 N–H and O–H groups in total. The minimum absolute atomic E-state index is 0.00271. The number of nitrogens with one attached hydrogen (secondary N) is 1. The molecule has 1 amide bonds.